The van der Waals surface area contributed by atoms with Gasteiger partial charge in [-0.15, -0.1) is 0 Å². The molecule has 0 radical (unpaired) electrons. The predicted octanol–water partition coefficient (Wildman–Crippen LogP) is 3.13. The van der Waals surface area contributed by atoms with Crippen LogP contribution in [0.15, 0.2) is 47.6 Å². The summed E-state index contributed by atoms with van der Waals surface area (Å²) < 4.78 is 17.7. The first-order chi connectivity index (χ1) is 12.9. The molecule has 138 valence electrons. The van der Waals surface area contributed by atoms with Crippen LogP contribution in [0.3, 0.4) is 0 Å². The minimum absolute atomic E-state index is 0.0681. The van der Waals surface area contributed by atoms with E-state index in [1.165, 1.54) is 30.3 Å². The number of ether oxygens (including phenoxy) is 1. The monoisotopic (exact) mass is 389 g/mol. The number of nitro groups is 1. The summed E-state index contributed by atoms with van der Waals surface area (Å²) in [7, 11) is 0. The van der Waals surface area contributed by atoms with Crippen LogP contribution in [0.25, 0.3) is 11.0 Å². The lowest BCUT2D eigenvalue weighted by Gasteiger charge is -2.03. The highest BCUT2D eigenvalue weighted by Gasteiger charge is 2.13. The summed E-state index contributed by atoms with van der Waals surface area (Å²) >= 11 is 1.05. The van der Waals surface area contributed by atoms with Gasteiger partial charge in [-0.25, -0.2) is 9.37 Å². The van der Waals surface area contributed by atoms with Gasteiger partial charge in [-0.1, -0.05) is 11.8 Å². The number of aromatic amines is 1. The zero-order valence-corrected chi connectivity index (χ0v) is 14.5. The zero-order valence-electron chi connectivity index (χ0n) is 13.7. The van der Waals surface area contributed by atoms with E-state index in [4.69, 9.17) is 4.74 Å². The van der Waals surface area contributed by atoms with Gasteiger partial charge in [-0.05, 0) is 30.3 Å². The normalized spacial score (nSPS) is 10.7. The number of Topliss-reactive ketones (excluding diaryl/α,β-unsaturated/α-hetero) is 1. The summed E-state index contributed by atoms with van der Waals surface area (Å²) in [5.74, 6) is -1.62. The van der Waals surface area contributed by atoms with Crippen LogP contribution in [0.4, 0.5) is 10.1 Å². The number of nitrogens with one attached hydrogen (secondary N) is 1. The van der Waals surface area contributed by atoms with Crippen LogP contribution in [0, 0.1) is 15.9 Å². The number of hydrogen-bond acceptors (Lipinski definition) is 7. The fraction of sp³-hybridized carbons (Fsp3) is 0.118. The van der Waals surface area contributed by atoms with Crippen LogP contribution in [0.2, 0.25) is 0 Å². The van der Waals surface area contributed by atoms with Crippen molar-refractivity contribution in [3.8, 4) is 0 Å². The molecule has 0 spiro atoms. The number of nitro benzene ring substituents is 1. The molecule has 3 rings (SSSR count). The van der Waals surface area contributed by atoms with E-state index in [1.807, 2.05) is 0 Å². The summed E-state index contributed by atoms with van der Waals surface area (Å²) in [4.78, 5) is 41.0. The molecule has 1 heterocycles. The Balaban J connectivity index is 1.53. The number of esters is 1. The molecular formula is C17H12FN3O5S. The van der Waals surface area contributed by atoms with Gasteiger partial charge < -0.3 is 9.72 Å². The number of rotatable bonds is 7. The summed E-state index contributed by atoms with van der Waals surface area (Å²) in [5, 5.41) is 11.2. The van der Waals surface area contributed by atoms with E-state index in [9.17, 15) is 24.1 Å². The number of thioether (sulfide) groups is 1. The minimum Gasteiger partial charge on any atom is -0.457 e. The Morgan fingerprint density at radius 3 is 2.67 bits per heavy atom. The smallest absolute Gasteiger partial charge is 0.316 e. The van der Waals surface area contributed by atoms with Gasteiger partial charge in [0.05, 0.1) is 21.7 Å². The molecular weight excluding hydrogens is 377 g/mol. The van der Waals surface area contributed by atoms with Crippen LogP contribution in [-0.4, -0.2) is 39.0 Å². The van der Waals surface area contributed by atoms with Crippen molar-refractivity contribution in [2.45, 2.75) is 5.16 Å². The number of H-pyrrole nitrogens is 1. The standard InChI is InChI=1S/C17H12FN3O5S/c18-11-3-1-10(2-4-11)15(22)8-26-16(23)9-27-17-19-13-6-5-12(21(24)25)7-14(13)20-17/h1-7H,8-9H2,(H,19,20). The molecule has 0 atom stereocenters. The van der Waals surface area contributed by atoms with Gasteiger partial charge in [0.25, 0.3) is 5.69 Å². The Labute approximate surface area is 155 Å². The average molecular weight is 389 g/mol. The van der Waals surface area contributed by atoms with Crippen LogP contribution in [0.1, 0.15) is 10.4 Å². The maximum Gasteiger partial charge on any atom is 0.316 e. The number of hydrogen-bond donors (Lipinski definition) is 1. The van der Waals surface area contributed by atoms with Gasteiger partial charge in [0, 0.05) is 17.7 Å². The number of benzene rings is 2. The van der Waals surface area contributed by atoms with E-state index >= 15 is 0 Å². The van der Waals surface area contributed by atoms with Gasteiger partial charge in [0.2, 0.25) is 0 Å². The first kappa shape index (κ1) is 18.5. The topological polar surface area (TPSA) is 115 Å². The predicted molar refractivity (Wildman–Crippen MR) is 95.2 cm³/mol. The number of carbonyl (C=O) groups is 2. The molecule has 0 fully saturated rings. The van der Waals surface area contributed by atoms with Crippen LogP contribution >= 0.6 is 11.8 Å². The van der Waals surface area contributed by atoms with Crippen molar-refractivity contribution in [2.75, 3.05) is 12.4 Å². The van der Waals surface area contributed by atoms with Crippen molar-refractivity contribution < 1.29 is 23.6 Å². The second kappa shape index (κ2) is 7.96. The summed E-state index contributed by atoms with van der Waals surface area (Å²) in [6.07, 6.45) is 0. The molecule has 0 amide bonds. The van der Waals surface area contributed by atoms with E-state index in [1.54, 1.807) is 0 Å². The maximum atomic E-state index is 12.8. The third kappa shape index (κ3) is 4.67. The van der Waals surface area contributed by atoms with E-state index in [-0.39, 0.29) is 17.0 Å². The van der Waals surface area contributed by atoms with Gasteiger partial charge >= 0.3 is 5.97 Å². The van der Waals surface area contributed by atoms with Crippen LogP contribution in [0.5, 0.6) is 0 Å². The number of non-ortho nitro benzene ring substituents is 1. The third-order valence-corrected chi connectivity index (χ3v) is 4.36. The van der Waals surface area contributed by atoms with E-state index in [0.717, 1.165) is 23.9 Å². The fourth-order valence-corrected chi connectivity index (χ4v) is 2.87. The van der Waals surface area contributed by atoms with Crippen molar-refractivity contribution in [3.63, 3.8) is 0 Å². The second-order valence-electron chi connectivity index (χ2n) is 5.38. The molecule has 0 aliphatic rings. The minimum atomic E-state index is -0.623. The summed E-state index contributed by atoms with van der Waals surface area (Å²) in [5.41, 5.74) is 1.19. The highest BCUT2D eigenvalue weighted by atomic mass is 32.2. The Morgan fingerprint density at radius 2 is 1.96 bits per heavy atom. The Bertz CT molecular complexity index is 1020. The lowest BCUT2D eigenvalue weighted by Crippen LogP contribution is -2.15. The Morgan fingerprint density at radius 1 is 1.22 bits per heavy atom. The van der Waals surface area contributed by atoms with Gasteiger partial charge in [-0.3, -0.25) is 19.7 Å². The van der Waals surface area contributed by atoms with E-state index < -0.39 is 29.1 Å². The molecule has 0 aliphatic heterocycles. The van der Waals surface area contributed by atoms with Gasteiger partial charge in [0.1, 0.15) is 5.82 Å². The summed E-state index contributed by atoms with van der Waals surface area (Å²) in [6.45, 7) is -0.447. The fourth-order valence-electron chi connectivity index (χ4n) is 2.19. The highest BCUT2D eigenvalue weighted by molar-refractivity contribution is 7.99. The SMILES string of the molecule is O=C(CSc1nc2ccc([N+](=O)[O-])cc2[nH]1)OCC(=O)c1ccc(F)cc1. The quantitative estimate of drug-likeness (QED) is 0.217. The van der Waals surface area contributed by atoms with Crippen molar-refractivity contribution in [2.24, 2.45) is 0 Å². The van der Waals surface area contributed by atoms with Crippen LogP contribution in [-0.2, 0) is 9.53 Å². The molecule has 0 aliphatic carbocycles. The van der Waals surface area contributed by atoms with Crippen molar-refractivity contribution in [3.05, 3.63) is 64.0 Å². The molecule has 1 aromatic heterocycles. The number of ketones is 1. The van der Waals surface area contributed by atoms with Gasteiger partial charge in [-0.2, -0.15) is 0 Å². The molecule has 2 aromatic carbocycles. The molecule has 0 unspecified atom stereocenters. The molecule has 27 heavy (non-hydrogen) atoms. The third-order valence-electron chi connectivity index (χ3n) is 3.51. The number of carbonyl (C=O) groups excluding carboxylic acids is 2. The van der Waals surface area contributed by atoms with Crippen LogP contribution < -0.4 is 0 Å². The molecule has 3 aromatic rings. The highest BCUT2D eigenvalue weighted by Crippen LogP contribution is 2.23. The number of nitrogens with zero attached hydrogens (tertiary/aromatic N) is 2. The van der Waals surface area contributed by atoms with Crippen molar-refractivity contribution in [1.29, 1.82) is 0 Å². The second-order valence-corrected chi connectivity index (χ2v) is 6.34. The Kier molecular flexibility index (Phi) is 5.46. The number of imidazole rings is 1. The lowest BCUT2D eigenvalue weighted by atomic mass is 10.1. The van der Waals surface area contributed by atoms with E-state index in [0.29, 0.717) is 16.2 Å². The molecule has 0 saturated carbocycles. The largest absolute Gasteiger partial charge is 0.457 e. The molecule has 10 heteroatoms. The van der Waals surface area contributed by atoms with Gasteiger partial charge in [0.15, 0.2) is 17.5 Å². The zero-order chi connectivity index (χ0) is 19.4. The van der Waals surface area contributed by atoms with Crippen molar-refractivity contribution in [1.82, 2.24) is 9.97 Å². The number of fused-ring (bicyclic) bond motifs is 1. The molecule has 8 nitrogen and oxygen atoms in total. The summed E-state index contributed by atoms with van der Waals surface area (Å²) in [6, 6.07) is 9.13. The first-order valence-corrected chi connectivity index (χ1v) is 8.62. The first-order valence-electron chi connectivity index (χ1n) is 7.64. The molecule has 1 N–H and O–H groups in total. The number of aromatic nitrogens is 2. The molecule has 0 bridgehead atoms. The number of halogens is 1. The van der Waals surface area contributed by atoms with E-state index in [2.05, 4.69) is 9.97 Å². The van der Waals surface area contributed by atoms with Crippen molar-refractivity contribution >= 4 is 40.2 Å². The Hall–Kier alpha value is -3.27. The lowest BCUT2D eigenvalue weighted by molar-refractivity contribution is -0.384. The maximum absolute atomic E-state index is 12.8. The average Bonchev–Trinajstić information content (AvgIpc) is 3.07. The molecule has 0 saturated heterocycles.